The maximum absolute atomic E-state index is 4.56. The Hall–Kier alpha value is -1.61. The molecule has 16 heavy (non-hydrogen) atoms. The predicted octanol–water partition coefficient (Wildman–Crippen LogP) is 1.94. The van der Waals surface area contributed by atoms with Gasteiger partial charge in [0.25, 0.3) is 0 Å². The molecule has 1 aromatic carbocycles. The van der Waals surface area contributed by atoms with Crippen LogP contribution in [0.5, 0.6) is 0 Å². The molecule has 0 aliphatic rings. The molecular weight excluding hydrogens is 198 g/mol. The average molecular weight is 215 g/mol. The highest BCUT2D eigenvalue weighted by molar-refractivity contribution is 5.39. The monoisotopic (exact) mass is 215 g/mol. The van der Waals surface area contributed by atoms with Crippen molar-refractivity contribution in [3.8, 4) is 5.69 Å². The number of aryl methyl sites for hydroxylation is 1. The van der Waals surface area contributed by atoms with Gasteiger partial charge in [0.15, 0.2) is 0 Å². The van der Waals surface area contributed by atoms with E-state index in [1.54, 1.807) is 0 Å². The van der Waals surface area contributed by atoms with Crippen LogP contribution in [0.1, 0.15) is 11.3 Å². The van der Waals surface area contributed by atoms with E-state index >= 15 is 0 Å². The molecule has 84 valence electrons. The third-order valence-corrected chi connectivity index (χ3v) is 2.64. The van der Waals surface area contributed by atoms with Crippen molar-refractivity contribution in [3.63, 3.8) is 0 Å². The Morgan fingerprint density at radius 1 is 1.25 bits per heavy atom. The zero-order chi connectivity index (χ0) is 11.4. The number of nitrogens with zero attached hydrogens (tertiary/aromatic N) is 2. The Labute approximate surface area is 96.1 Å². The van der Waals surface area contributed by atoms with Crippen molar-refractivity contribution in [3.05, 3.63) is 47.8 Å². The normalized spacial score (nSPS) is 10.6. The molecule has 0 atom stereocenters. The van der Waals surface area contributed by atoms with Crippen LogP contribution < -0.4 is 5.32 Å². The molecule has 0 bridgehead atoms. The summed E-state index contributed by atoms with van der Waals surface area (Å²) in [5, 5.41) is 7.68. The molecule has 1 N–H and O–H groups in total. The fourth-order valence-corrected chi connectivity index (χ4v) is 1.70. The Kier molecular flexibility index (Phi) is 3.37. The molecule has 0 aliphatic heterocycles. The summed E-state index contributed by atoms with van der Waals surface area (Å²) in [5.41, 5.74) is 3.52. The minimum absolute atomic E-state index is 0.963. The highest BCUT2D eigenvalue weighted by Gasteiger charge is 2.02. The SMILES string of the molecule is CNCCc1ccn(-c2ccccc2C)n1. The molecule has 0 saturated carbocycles. The summed E-state index contributed by atoms with van der Waals surface area (Å²) in [5.74, 6) is 0. The van der Waals surface area contributed by atoms with Crippen molar-refractivity contribution in [2.45, 2.75) is 13.3 Å². The number of aromatic nitrogens is 2. The van der Waals surface area contributed by atoms with Crippen molar-refractivity contribution in [2.24, 2.45) is 0 Å². The van der Waals surface area contributed by atoms with Gasteiger partial charge in [-0.3, -0.25) is 0 Å². The molecule has 0 saturated heterocycles. The second-order valence-corrected chi connectivity index (χ2v) is 3.89. The van der Waals surface area contributed by atoms with Crippen LogP contribution in [0.15, 0.2) is 36.5 Å². The van der Waals surface area contributed by atoms with Gasteiger partial charge in [0.2, 0.25) is 0 Å². The van der Waals surface area contributed by atoms with Crippen molar-refractivity contribution in [1.29, 1.82) is 0 Å². The van der Waals surface area contributed by atoms with Gasteiger partial charge >= 0.3 is 0 Å². The maximum atomic E-state index is 4.56. The van der Waals surface area contributed by atoms with E-state index in [0.717, 1.165) is 24.3 Å². The maximum Gasteiger partial charge on any atom is 0.0674 e. The molecule has 1 heterocycles. The van der Waals surface area contributed by atoms with Crippen molar-refractivity contribution >= 4 is 0 Å². The molecule has 0 unspecified atom stereocenters. The van der Waals surface area contributed by atoms with E-state index in [2.05, 4.69) is 35.5 Å². The first-order valence-corrected chi connectivity index (χ1v) is 5.56. The van der Waals surface area contributed by atoms with Gasteiger partial charge in [0.1, 0.15) is 0 Å². The quantitative estimate of drug-likeness (QED) is 0.844. The summed E-state index contributed by atoms with van der Waals surface area (Å²) in [6.07, 6.45) is 2.99. The first kappa shape index (κ1) is 10.9. The van der Waals surface area contributed by atoms with Gasteiger partial charge in [-0.25, -0.2) is 4.68 Å². The highest BCUT2D eigenvalue weighted by atomic mass is 15.3. The van der Waals surface area contributed by atoms with Gasteiger partial charge in [0.05, 0.1) is 11.4 Å². The number of benzene rings is 1. The van der Waals surface area contributed by atoms with Crippen LogP contribution in [0.2, 0.25) is 0 Å². The van der Waals surface area contributed by atoms with Gasteiger partial charge in [0, 0.05) is 19.2 Å². The summed E-state index contributed by atoms with van der Waals surface area (Å²) in [7, 11) is 1.96. The van der Waals surface area contributed by atoms with Gasteiger partial charge in [-0.05, 0) is 31.7 Å². The molecule has 3 nitrogen and oxygen atoms in total. The lowest BCUT2D eigenvalue weighted by molar-refractivity contribution is 0.754. The third-order valence-electron chi connectivity index (χ3n) is 2.64. The smallest absolute Gasteiger partial charge is 0.0674 e. The number of hydrogen-bond acceptors (Lipinski definition) is 2. The van der Waals surface area contributed by atoms with Crippen LogP contribution in [0, 0.1) is 6.92 Å². The van der Waals surface area contributed by atoms with Crippen LogP contribution in [-0.4, -0.2) is 23.4 Å². The lowest BCUT2D eigenvalue weighted by Gasteiger charge is -2.04. The second kappa shape index (κ2) is 4.94. The molecule has 0 amide bonds. The summed E-state index contributed by atoms with van der Waals surface area (Å²) >= 11 is 0. The Morgan fingerprint density at radius 3 is 2.81 bits per heavy atom. The van der Waals surface area contributed by atoms with Crippen LogP contribution in [0.25, 0.3) is 5.69 Å². The van der Waals surface area contributed by atoms with Crippen molar-refractivity contribution in [1.82, 2.24) is 15.1 Å². The molecular formula is C13H17N3. The summed E-state index contributed by atoms with van der Waals surface area (Å²) in [4.78, 5) is 0. The molecule has 2 rings (SSSR count). The van der Waals surface area contributed by atoms with E-state index in [4.69, 9.17) is 0 Å². The molecule has 2 aromatic rings. The molecule has 0 radical (unpaired) electrons. The molecule has 0 aliphatic carbocycles. The fraction of sp³-hybridized carbons (Fsp3) is 0.308. The van der Waals surface area contributed by atoms with E-state index in [1.807, 2.05) is 30.1 Å². The topological polar surface area (TPSA) is 29.9 Å². The van der Waals surface area contributed by atoms with E-state index in [9.17, 15) is 0 Å². The fourth-order valence-electron chi connectivity index (χ4n) is 1.70. The van der Waals surface area contributed by atoms with Crippen LogP contribution in [-0.2, 0) is 6.42 Å². The highest BCUT2D eigenvalue weighted by Crippen LogP contribution is 2.12. The van der Waals surface area contributed by atoms with Crippen LogP contribution in [0.4, 0.5) is 0 Å². The number of nitrogens with one attached hydrogen (secondary N) is 1. The largest absolute Gasteiger partial charge is 0.319 e. The minimum Gasteiger partial charge on any atom is -0.319 e. The summed E-state index contributed by atoms with van der Waals surface area (Å²) in [6, 6.07) is 10.3. The molecule has 0 spiro atoms. The van der Waals surface area contributed by atoms with E-state index < -0.39 is 0 Å². The van der Waals surface area contributed by atoms with E-state index in [1.165, 1.54) is 5.56 Å². The number of hydrogen-bond donors (Lipinski definition) is 1. The first-order chi connectivity index (χ1) is 7.81. The minimum atomic E-state index is 0.963. The zero-order valence-corrected chi connectivity index (χ0v) is 9.77. The van der Waals surface area contributed by atoms with Crippen molar-refractivity contribution in [2.75, 3.05) is 13.6 Å². The number of rotatable bonds is 4. The Morgan fingerprint density at radius 2 is 2.06 bits per heavy atom. The van der Waals surface area contributed by atoms with Crippen molar-refractivity contribution < 1.29 is 0 Å². The first-order valence-electron chi connectivity index (χ1n) is 5.56. The molecule has 1 aromatic heterocycles. The number of para-hydroxylation sites is 1. The summed E-state index contributed by atoms with van der Waals surface area (Å²) < 4.78 is 1.94. The average Bonchev–Trinajstić information content (AvgIpc) is 2.75. The standard InChI is InChI=1S/C13H17N3/c1-11-5-3-4-6-13(11)16-10-8-12(15-16)7-9-14-2/h3-6,8,10,14H,7,9H2,1-2H3. The lowest BCUT2D eigenvalue weighted by Crippen LogP contribution is -2.10. The van der Waals surface area contributed by atoms with Gasteiger partial charge in [-0.1, -0.05) is 18.2 Å². The lowest BCUT2D eigenvalue weighted by atomic mass is 10.2. The van der Waals surface area contributed by atoms with Gasteiger partial charge < -0.3 is 5.32 Å². The molecule has 3 heteroatoms. The predicted molar refractivity (Wildman–Crippen MR) is 65.9 cm³/mol. The number of likely N-dealkylation sites (N-methyl/N-ethyl adjacent to an activating group) is 1. The summed E-state index contributed by atoms with van der Waals surface area (Å²) in [6.45, 7) is 3.06. The molecule has 0 fully saturated rings. The second-order valence-electron chi connectivity index (χ2n) is 3.89. The zero-order valence-electron chi connectivity index (χ0n) is 9.77. The third kappa shape index (κ3) is 2.31. The van der Waals surface area contributed by atoms with E-state index in [0.29, 0.717) is 0 Å². The van der Waals surface area contributed by atoms with E-state index in [-0.39, 0.29) is 0 Å². The van der Waals surface area contributed by atoms with Crippen LogP contribution in [0.3, 0.4) is 0 Å². The Bertz CT molecular complexity index is 460. The van der Waals surface area contributed by atoms with Gasteiger partial charge in [-0.2, -0.15) is 5.10 Å². The van der Waals surface area contributed by atoms with Crippen LogP contribution >= 0.6 is 0 Å². The van der Waals surface area contributed by atoms with Gasteiger partial charge in [-0.15, -0.1) is 0 Å². The Balaban J connectivity index is 2.22.